The van der Waals surface area contributed by atoms with Gasteiger partial charge in [0.25, 0.3) is 0 Å². The molecule has 0 saturated carbocycles. The van der Waals surface area contributed by atoms with Crippen LogP contribution < -0.4 is 0 Å². The zero-order valence-electron chi connectivity index (χ0n) is 11.5. The van der Waals surface area contributed by atoms with Gasteiger partial charge in [-0.25, -0.2) is 0 Å². The zero-order valence-corrected chi connectivity index (χ0v) is 13.1. The topological polar surface area (TPSA) is 19.6 Å². The van der Waals surface area contributed by atoms with Crippen molar-refractivity contribution in [3.8, 4) is 0 Å². The first-order valence-corrected chi connectivity index (χ1v) is 7.81. The third-order valence-electron chi connectivity index (χ3n) is 3.78. The van der Waals surface area contributed by atoms with Gasteiger partial charge in [-0.05, 0) is 23.8 Å². The molecular formula is C16H19BrN2O. The van der Waals surface area contributed by atoms with E-state index in [9.17, 15) is 0 Å². The molecule has 1 saturated heterocycles. The molecule has 0 bridgehead atoms. The first kappa shape index (κ1) is 13.9. The van der Waals surface area contributed by atoms with Gasteiger partial charge >= 0.3 is 0 Å². The summed E-state index contributed by atoms with van der Waals surface area (Å²) in [4.78, 5) is 4.97. The highest BCUT2D eigenvalue weighted by Gasteiger charge is 2.18. The van der Waals surface area contributed by atoms with Gasteiger partial charge in [-0.1, -0.05) is 34.1 Å². The number of halogens is 1. The van der Waals surface area contributed by atoms with Crippen LogP contribution in [0.2, 0.25) is 0 Å². The minimum absolute atomic E-state index is 0.926. The van der Waals surface area contributed by atoms with E-state index < -0.39 is 0 Å². The Hall–Kier alpha value is -1.10. The average molecular weight is 335 g/mol. The SMILES string of the molecule is Brc1ccccc1CN1CCN(Cc2ccco2)CC1. The molecular weight excluding hydrogens is 316 g/mol. The predicted molar refractivity (Wildman–Crippen MR) is 83.4 cm³/mol. The largest absolute Gasteiger partial charge is 0.468 e. The van der Waals surface area contributed by atoms with E-state index >= 15 is 0 Å². The predicted octanol–water partition coefficient (Wildman–Crippen LogP) is 3.36. The normalized spacial score (nSPS) is 17.4. The van der Waals surface area contributed by atoms with Gasteiger partial charge in [0.05, 0.1) is 12.8 Å². The lowest BCUT2D eigenvalue weighted by Gasteiger charge is -2.34. The van der Waals surface area contributed by atoms with Crippen molar-refractivity contribution in [1.29, 1.82) is 0 Å². The van der Waals surface area contributed by atoms with Crippen LogP contribution in [0.5, 0.6) is 0 Å². The second kappa shape index (κ2) is 6.57. The zero-order chi connectivity index (χ0) is 13.8. The molecule has 0 unspecified atom stereocenters. The van der Waals surface area contributed by atoms with E-state index in [2.05, 4.69) is 50.0 Å². The van der Waals surface area contributed by atoms with Crippen LogP contribution in [0.25, 0.3) is 0 Å². The lowest BCUT2D eigenvalue weighted by Crippen LogP contribution is -2.45. The summed E-state index contributed by atoms with van der Waals surface area (Å²) in [5.41, 5.74) is 1.37. The van der Waals surface area contributed by atoms with E-state index in [-0.39, 0.29) is 0 Å². The maximum Gasteiger partial charge on any atom is 0.117 e. The highest BCUT2D eigenvalue weighted by atomic mass is 79.9. The van der Waals surface area contributed by atoms with Crippen LogP contribution in [-0.2, 0) is 13.1 Å². The molecule has 4 heteroatoms. The van der Waals surface area contributed by atoms with E-state index in [0.717, 1.165) is 45.0 Å². The molecule has 0 aliphatic carbocycles. The summed E-state index contributed by atoms with van der Waals surface area (Å²) >= 11 is 3.63. The Morgan fingerprint density at radius 2 is 1.60 bits per heavy atom. The minimum Gasteiger partial charge on any atom is -0.468 e. The van der Waals surface area contributed by atoms with E-state index in [0.29, 0.717) is 0 Å². The maximum absolute atomic E-state index is 5.41. The monoisotopic (exact) mass is 334 g/mol. The Morgan fingerprint density at radius 3 is 2.25 bits per heavy atom. The fourth-order valence-corrected chi connectivity index (χ4v) is 3.01. The molecule has 3 nitrogen and oxygen atoms in total. The molecule has 0 radical (unpaired) electrons. The van der Waals surface area contributed by atoms with Crippen molar-refractivity contribution >= 4 is 15.9 Å². The molecule has 106 valence electrons. The summed E-state index contributed by atoms with van der Waals surface area (Å²) in [6, 6.07) is 12.5. The maximum atomic E-state index is 5.41. The second-order valence-corrected chi connectivity index (χ2v) is 6.08. The van der Waals surface area contributed by atoms with Crippen molar-refractivity contribution in [3.63, 3.8) is 0 Å². The molecule has 1 fully saturated rings. The molecule has 2 aromatic rings. The Balaban J connectivity index is 1.50. The molecule has 20 heavy (non-hydrogen) atoms. The first-order chi connectivity index (χ1) is 9.81. The smallest absolute Gasteiger partial charge is 0.117 e. The third-order valence-corrected chi connectivity index (χ3v) is 4.55. The molecule has 3 rings (SSSR count). The Kier molecular flexibility index (Phi) is 4.55. The number of piperazine rings is 1. The Morgan fingerprint density at radius 1 is 0.900 bits per heavy atom. The van der Waals surface area contributed by atoms with Crippen molar-refractivity contribution in [2.45, 2.75) is 13.1 Å². The first-order valence-electron chi connectivity index (χ1n) is 7.02. The lowest BCUT2D eigenvalue weighted by molar-refractivity contribution is 0.116. The van der Waals surface area contributed by atoms with Gasteiger partial charge in [-0.15, -0.1) is 0 Å². The molecule has 1 aromatic carbocycles. The molecule has 1 aliphatic rings. The summed E-state index contributed by atoms with van der Waals surface area (Å²) in [5, 5.41) is 0. The van der Waals surface area contributed by atoms with Crippen LogP contribution in [0, 0.1) is 0 Å². The molecule has 0 atom stereocenters. The number of rotatable bonds is 4. The van der Waals surface area contributed by atoms with Crippen LogP contribution in [-0.4, -0.2) is 36.0 Å². The van der Waals surface area contributed by atoms with Gasteiger partial charge in [0.2, 0.25) is 0 Å². The summed E-state index contributed by atoms with van der Waals surface area (Å²) < 4.78 is 6.62. The summed E-state index contributed by atoms with van der Waals surface area (Å²) in [6.07, 6.45) is 1.75. The van der Waals surface area contributed by atoms with Gasteiger partial charge in [-0.2, -0.15) is 0 Å². The quantitative estimate of drug-likeness (QED) is 0.854. The van der Waals surface area contributed by atoms with Gasteiger partial charge in [0, 0.05) is 37.2 Å². The number of furan rings is 1. The fourth-order valence-electron chi connectivity index (χ4n) is 2.60. The molecule has 0 N–H and O–H groups in total. The Labute approximate surface area is 128 Å². The van der Waals surface area contributed by atoms with E-state index in [4.69, 9.17) is 4.42 Å². The average Bonchev–Trinajstić information content (AvgIpc) is 2.96. The number of nitrogens with zero attached hydrogens (tertiary/aromatic N) is 2. The van der Waals surface area contributed by atoms with Crippen molar-refractivity contribution in [3.05, 3.63) is 58.5 Å². The fraction of sp³-hybridized carbons (Fsp3) is 0.375. The number of benzene rings is 1. The highest BCUT2D eigenvalue weighted by molar-refractivity contribution is 9.10. The van der Waals surface area contributed by atoms with Gasteiger partial charge in [-0.3, -0.25) is 9.80 Å². The second-order valence-electron chi connectivity index (χ2n) is 5.22. The third kappa shape index (κ3) is 3.51. The minimum atomic E-state index is 0.926. The number of hydrogen-bond acceptors (Lipinski definition) is 3. The molecule has 0 spiro atoms. The van der Waals surface area contributed by atoms with Crippen LogP contribution in [0.3, 0.4) is 0 Å². The Bertz CT molecular complexity index is 533. The van der Waals surface area contributed by atoms with Gasteiger partial charge in [0.15, 0.2) is 0 Å². The van der Waals surface area contributed by atoms with Crippen LogP contribution in [0.15, 0.2) is 51.6 Å². The van der Waals surface area contributed by atoms with E-state index in [1.54, 1.807) is 6.26 Å². The van der Waals surface area contributed by atoms with Crippen molar-refractivity contribution in [1.82, 2.24) is 9.80 Å². The van der Waals surface area contributed by atoms with Crippen molar-refractivity contribution in [2.24, 2.45) is 0 Å². The number of hydrogen-bond donors (Lipinski definition) is 0. The summed E-state index contributed by atoms with van der Waals surface area (Å²) in [5.74, 6) is 1.06. The van der Waals surface area contributed by atoms with Crippen LogP contribution >= 0.6 is 15.9 Å². The molecule has 2 heterocycles. The lowest BCUT2D eigenvalue weighted by atomic mass is 10.2. The highest BCUT2D eigenvalue weighted by Crippen LogP contribution is 2.19. The van der Waals surface area contributed by atoms with Crippen molar-refractivity contribution in [2.75, 3.05) is 26.2 Å². The van der Waals surface area contributed by atoms with Crippen LogP contribution in [0.1, 0.15) is 11.3 Å². The van der Waals surface area contributed by atoms with E-state index in [1.807, 2.05) is 12.1 Å². The molecule has 1 aliphatic heterocycles. The van der Waals surface area contributed by atoms with Crippen LogP contribution in [0.4, 0.5) is 0 Å². The molecule has 1 aromatic heterocycles. The summed E-state index contributed by atoms with van der Waals surface area (Å²) in [7, 11) is 0. The van der Waals surface area contributed by atoms with E-state index in [1.165, 1.54) is 10.0 Å². The molecule has 0 amide bonds. The standard InChI is InChI=1S/C16H19BrN2O/c17-16-6-2-1-4-14(16)12-18-7-9-19(10-8-18)13-15-5-3-11-20-15/h1-6,11H,7-10,12-13H2. The summed E-state index contributed by atoms with van der Waals surface area (Å²) in [6.45, 7) is 6.38. The van der Waals surface area contributed by atoms with Gasteiger partial charge in [0.1, 0.15) is 5.76 Å². The van der Waals surface area contributed by atoms with Gasteiger partial charge < -0.3 is 4.42 Å². The van der Waals surface area contributed by atoms with Crippen molar-refractivity contribution < 1.29 is 4.42 Å².